The summed E-state index contributed by atoms with van der Waals surface area (Å²) in [5, 5.41) is 13.2. The van der Waals surface area contributed by atoms with E-state index in [1.54, 1.807) is 25.4 Å². The number of hydrogen-bond donors (Lipinski definition) is 2. The number of nitrogens with zero attached hydrogens (tertiary/aromatic N) is 1. The SMILES string of the molecule is C=C(O)C(OC(C)(C)CC)/C(NC=O)=C(/C(C=NC)=C(C)C)c1ccc2c(c1F)CCCO2. The lowest BCUT2D eigenvalue weighted by atomic mass is 9.88. The van der Waals surface area contributed by atoms with E-state index in [0.29, 0.717) is 54.7 Å². The van der Waals surface area contributed by atoms with Gasteiger partial charge in [-0.15, -0.1) is 0 Å². The fourth-order valence-electron chi connectivity index (χ4n) is 3.64. The lowest BCUT2D eigenvalue weighted by molar-refractivity contribution is -0.110. The predicted molar refractivity (Wildman–Crippen MR) is 130 cm³/mol. The smallest absolute Gasteiger partial charge is 0.211 e. The van der Waals surface area contributed by atoms with E-state index in [1.807, 2.05) is 34.6 Å². The summed E-state index contributed by atoms with van der Waals surface area (Å²) < 4.78 is 27.7. The Morgan fingerprint density at radius 2 is 2.12 bits per heavy atom. The largest absolute Gasteiger partial charge is 0.510 e. The fourth-order valence-corrected chi connectivity index (χ4v) is 3.64. The zero-order valence-corrected chi connectivity index (χ0v) is 20.4. The molecule has 1 aromatic carbocycles. The van der Waals surface area contributed by atoms with Crippen molar-refractivity contribution in [3.05, 3.63) is 58.3 Å². The summed E-state index contributed by atoms with van der Waals surface area (Å²) in [6.07, 6.45) is 2.87. The molecule has 6 nitrogen and oxygen atoms in total. The van der Waals surface area contributed by atoms with Crippen molar-refractivity contribution >= 4 is 18.2 Å². The molecule has 2 N–H and O–H groups in total. The van der Waals surface area contributed by atoms with Gasteiger partial charge in [0.25, 0.3) is 0 Å². The van der Waals surface area contributed by atoms with Crippen LogP contribution >= 0.6 is 0 Å². The second-order valence-corrected chi connectivity index (χ2v) is 8.81. The fraction of sp³-hybridized carbons (Fsp3) is 0.462. The number of benzene rings is 1. The van der Waals surface area contributed by atoms with E-state index < -0.39 is 17.5 Å². The van der Waals surface area contributed by atoms with Crippen LogP contribution in [0.2, 0.25) is 0 Å². The normalized spacial score (nSPS) is 15.2. The number of aliphatic hydroxyl groups is 1. The first-order valence-corrected chi connectivity index (χ1v) is 11.1. The minimum Gasteiger partial charge on any atom is -0.510 e. The van der Waals surface area contributed by atoms with Gasteiger partial charge in [0.05, 0.1) is 17.9 Å². The third kappa shape index (κ3) is 6.11. The van der Waals surface area contributed by atoms with Crippen molar-refractivity contribution in [2.24, 2.45) is 4.99 Å². The molecule has 0 saturated heterocycles. The summed E-state index contributed by atoms with van der Waals surface area (Å²) in [4.78, 5) is 15.9. The molecule has 0 radical (unpaired) electrons. The molecule has 0 spiro atoms. The molecule has 0 aliphatic carbocycles. The van der Waals surface area contributed by atoms with Gasteiger partial charge in [0.1, 0.15) is 17.3 Å². The number of aliphatic imine (C=N–C) groups is 1. The standard InChI is InChI=1S/C26H35FN2O4/c1-8-26(5,6)33-25(17(4)31)24(29-15-30)22(20(14-28-7)16(2)3)19-11-12-21-18(23(19)27)10-9-13-32-21/h11-12,14-15,25,31H,4,8-10,13H2,1-3,5-7H3,(H,29,30)/b24-22-,28-14?. The molecule has 1 aromatic rings. The van der Waals surface area contributed by atoms with Gasteiger partial charge in [0, 0.05) is 35.5 Å². The molecule has 0 bridgehead atoms. The van der Waals surface area contributed by atoms with E-state index in [1.165, 1.54) is 0 Å². The molecule has 180 valence electrons. The van der Waals surface area contributed by atoms with Gasteiger partial charge in [-0.25, -0.2) is 4.39 Å². The maximum Gasteiger partial charge on any atom is 0.211 e. The molecule has 33 heavy (non-hydrogen) atoms. The number of halogens is 1. The third-order valence-electron chi connectivity index (χ3n) is 5.70. The van der Waals surface area contributed by atoms with Gasteiger partial charge in [-0.3, -0.25) is 9.79 Å². The van der Waals surface area contributed by atoms with Gasteiger partial charge in [0.15, 0.2) is 6.10 Å². The van der Waals surface area contributed by atoms with Crippen LogP contribution in [0.5, 0.6) is 5.75 Å². The summed E-state index contributed by atoms with van der Waals surface area (Å²) >= 11 is 0. The van der Waals surface area contributed by atoms with Crippen molar-refractivity contribution in [3.63, 3.8) is 0 Å². The Morgan fingerprint density at radius 3 is 2.67 bits per heavy atom. The van der Waals surface area contributed by atoms with Crippen LogP contribution in [0.15, 0.2) is 46.3 Å². The summed E-state index contributed by atoms with van der Waals surface area (Å²) in [5.41, 5.74) is 2.08. The number of aliphatic hydroxyl groups excluding tert-OH is 1. The van der Waals surface area contributed by atoms with Gasteiger partial charge in [-0.05, 0) is 59.1 Å². The Hall–Kier alpha value is -2.93. The van der Waals surface area contributed by atoms with Gasteiger partial charge in [0.2, 0.25) is 6.41 Å². The first-order chi connectivity index (χ1) is 15.6. The lowest BCUT2D eigenvalue weighted by Crippen LogP contribution is -2.37. The number of allylic oxidation sites excluding steroid dienone is 3. The summed E-state index contributed by atoms with van der Waals surface area (Å²) in [7, 11) is 1.61. The highest BCUT2D eigenvalue weighted by atomic mass is 19.1. The van der Waals surface area contributed by atoms with Gasteiger partial charge < -0.3 is 19.9 Å². The second-order valence-electron chi connectivity index (χ2n) is 8.81. The molecule has 1 amide bonds. The molecular formula is C26H35FN2O4. The minimum atomic E-state index is -1.11. The molecule has 1 heterocycles. The Morgan fingerprint density at radius 1 is 1.42 bits per heavy atom. The highest BCUT2D eigenvalue weighted by molar-refractivity contribution is 6.03. The van der Waals surface area contributed by atoms with Crippen LogP contribution in [0.3, 0.4) is 0 Å². The van der Waals surface area contributed by atoms with E-state index in [4.69, 9.17) is 9.47 Å². The van der Waals surface area contributed by atoms with Crippen molar-refractivity contribution in [3.8, 4) is 5.75 Å². The highest BCUT2D eigenvalue weighted by Crippen LogP contribution is 2.38. The van der Waals surface area contributed by atoms with Crippen LogP contribution < -0.4 is 10.1 Å². The first-order valence-electron chi connectivity index (χ1n) is 11.1. The van der Waals surface area contributed by atoms with Crippen LogP contribution in [-0.4, -0.2) is 43.1 Å². The average molecular weight is 459 g/mol. The number of nitrogens with one attached hydrogen (secondary N) is 1. The number of fused-ring (bicyclic) bond motifs is 1. The van der Waals surface area contributed by atoms with Crippen LogP contribution in [0.4, 0.5) is 4.39 Å². The van der Waals surface area contributed by atoms with Crippen molar-refractivity contribution < 1.29 is 23.8 Å². The molecule has 1 aliphatic rings. The van der Waals surface area contributed by atoms with Crippen molar-refractivity contribution in [2.45, 2.75) is 65.6 Å². The summed E-state index contributed by atoms with van der Waals surface area (Å²) in [6, 6.07) is 3.35. The van der Waals surface area contributed by atoms with Crippen LogP contribution in [0.1, 0.15) is 58.6 Å². The second kappa shape index (κ2) is 11.3. The zero-order valence-electron chi connectivity index (χ0n) is 20.4. The molecule has 1 atom stereocenters. The van der Waals surface area contributed by atoms with Crippen LogP contribution in [-0.2, 0) is 16.0 Å². The van der Waals surface area contributed by atoms with Crippen LogP contribution in [0, 0.1) is 5.82 Å². The van der Waals surface area contributed by atoms with Gasteiger partial charge >= 0.3 is 0 Å². The molecule has 0 saturated carbocycles. The number of carbonyl (C=O) groups is 1. The highest BCUT2D eigenvalue weighted by Gasteiger charge is 2.32. The Labute approximate surface area is 195 Å². The maximum atomic E-state index is 15.9. The number of ether oxygens (including phenoxy) is 2. The van der Waals surface area contributed by atoms with E-state index in [-0.39, 0.29) is 17.0 Å². The molecule has 1 unspecified atom stereocenters. The van der Waals surface area contributed by atoms with Crippen LogP contribution in [0.25, 0.3) is 5.57 Å². The lowest BCUT2D eigenvalue weighted by Gasteiger charge is -2.32. The third-order valence-corrected chi connectivity index (χ3v) is 5.70. The number of carbonyl (C=O) groups excluding carboxylic acids is 1. The van der Waals surface area contributed by atoms with Crippen molar-refractivity contribution in [1.82, 2.24) is 5.32 Å². The molecule has 1 aliphatic heterocycles. The van der Waals surface area contributed by atoms with E-state index in [0.717, 1.165) is 5.57 Å². The molecule has 0 aromatic heterocycles. The number of rotatable bonds is 10. The van der Waals surface area contributed by atoms with Crippen molar-refractivity contribution in [1.29, 1.82) is 0 Å². The topological polar surface area (TPSA) is 80.2 Å². The Bertz CT molecular complexity index is 988. The molecular weight excluding hydrogens is 423 g/mol. The molecule has 7 heteroatoms. The number of hydrogen-bond acceptors (Lipinski definition) is 5. The minimum absolute atomic E-state index is 0.186. The molecule has 2 rings (SSSR count). The maximum absolute atomic E-state index is 15.9. The number of amides is 1. The van der Waals surface area contributed by atoms with Crippen molar-refractivity contribution in [2.75, 3.05) is 13.7 Å². The predicted octanol–water partition coefficient (Wildman–Crippen LogP) is 5.29. The Kier molecular flexibility index (Phi) is 8.99. The summed E-state index contributed by atoms with van der Waals surface area (Å²) in [6.45, 7) is 13.6. The van der Waals surface area contributed by atoms with E-state index >= 15 is 4.39 Å². The Balaban J connectivity index is 2.95. The van der Waals surface area contributed by atoms with Gasteiger partial charge in [-0.1, -0.05) is 19.1 Å². The first kappa shape index (κ1) is 26.3. The zero-order chi connectivity index (χ0) is 24.8. The average Bonchev–Trinajstić information content (AvgIpc) is 2.77. The quantitative estimate of drug-likeness (QED) is 0.216. The molecule has 0 fully saturated rings. The van der Waals surface area contributed by atoms with E-state index in [2.05, 4.69) is 16.9 Å². The van der Waals surface area contributed by atoms with Gasteiger partial charge in [-0.2, -0.15) is 0 Å². The monoisotopic (exact) mass is 458 g/mol. The van der Waals surface area contributed by atoms with E-state index in [9.17, 15) is 9.90 Å². The summed E-state index contributed by atoms with van der Waals surface area (Å²) in [5.74, 6) is -0.226.